The molecule has 1 aromatic carbocycles. The molecule has 14 N–H and O–H groups in total. The van der Waals surface area contributed by atoms with Gasteiger partial charge in [0.05, 0.1) is 19.6 Å². The Bertz CT molecular complexity index is 710. The molecule has 1 heterocycles. The van der Waals surface area contributed by atoms with Crippen molar-refractivity contribution in [2.45, 2.75) is 31.3 Å². The molecule has 0 spiro atoms. The Morgan fingerprint density at radius 1 is 0.829 bits per heavy atom. The van der Waals surface area contributed by atoms with Crippen LogP contribution >= 0.6 is 0 Å². The second kappa shape index (κ2) is 23.5. The third kappa shape index (κ3) is 28.3. The van der Waals surface area contributed by atoms with Crippen molar-refractivity contribution in [2.75, 3.05) is 26.2 Å². The third-order valence-corrected chi connectivity index (χ3v) is 3.50. The summed E-state index contributed by atoms with van der Waals surface area (Å²) in [5.41, 5.74) is 20.0. The second-order valence-electron chi connectivity index (χ2n) is 6.42. The minimum Gasteiger partial charge on any atom is -0.480 e. The molecule has 15 nitrogen and oxygen atoms in total. The highest BCUT2D eigenvalue weighted by molar-refractivity contribution is 5.74. The van der Waals surface area contributed by atoms with Crippen LogP contribution in [0.25, 0.3) is 0 Å². The zero-order chi connectivity index (χ0) is 27.8. The second-order valence-corrected chi connectivity index (χ2v) is 6.42. The Labute approximate surface area is 201 Å². The highest BCUT2D eigenvalue weighted by Crippen LogP contribution is 2.03. The summed E-state index contributed by atoms with van der Waals surface area (Å²) in [6, 6.07) is 8.28. The van der Waals surface area contributed by atoms with Gasteiger partial charge in [-0.3, -0.25) is 24.0 Å². The summed E-state index contributed by atoms with van der Waals surface area (Å²) < 4.78 is 0. The van der Waals surface area contributed by atoms with Crippen molar-refractivity contribution in [3.8, 4) is 0 Å². The summed E-state index contributed by atoms with van der Waals surface area (Å²) >= 11 is 0. The molecule has 1 aliphatic rings. The number of benzene rings is 1. The maximum atomic E-state index is 10.4. The van der Waals surface area contributed by atoms with Crippen molar-refractivity contribution >= 4 is 29.8 Å². The largest absolute Gasteiger partial charge is 0.480 e. The van der Waals surface area contributed by atoms with Crippen molar-refractivity contribution in [1.29, 1.82) is 0 Å². The Morgan fingerprint density at radius 3 is 1.46 bits per heavy atom. The summed E-state index contributed by atoms with van der Waals surface area (Å²) in [7, 11) is 0. The molecular formula is C20H35N5O10. The van der Waals surface area contributed by atoms with E-state index in [9.17, 15) is 24.0 Å². The van der Waals surface area contributed by atoms with Crippen LogP contribution in [0.4, 0.5) is 0 Å². The molecule has 2 atom stereocenters. The van der Waals surface area contributed by atoms with E-state index in [1.165, 1.54) is 0 Å². The number of carboxylic acid groups (broad SMARTS) is 5. The Kier molecular flexibility index (Phi) is 24.2. The molecule has 0 aliphatic carbocycles. The van der Waals surface area contributed by atoms with Gasteiger partial charge in [0.25, 0.3) is 0 Å². The van der Waals surface area contributed by atoms with Crippen LogP contribution in [0.5, 0.6) is 0 Å². The molecule has 15 heteroatoms. The quantitative estimate of drug-likeness (QED) is 0.184. The average molecular weight is 506 g/mol. The lowest BCUT2D eigenvalue weighted by atomic mass is 10.1. The molecule has 1 saturated heterocycles. The van der Waals surface area contributed by atoms with Gasteiger partial charge in [0.2, 0.25) is 0 Å². The number of nitrogens with one attached hydrogen (secondary N) is 1. The van der Waals surface area contributed by atoms with E-state index in [2.05, 4.69) is 22.5 Å². The van der Waals surface area contributed by atoms with Gasteiger partial charge in [-0.05, 0) is 31.4 Å². The van der Waals surface area contributed by atoms with Crippen LogP contribution in [0.2, 0.25) is 0 Å². The van der Waals surface area contributed by atoms with Gasteiger partial charge in [-0.15, -0.1) is 0 Å². The number of carboxylic acids is 5. The number of nitrogens with two attached hydrogens (primary N) is 4. The molecule has 2 rings (SSSR count). The van der Waals surface area contributed by atoms with Crippen molar-refractivity contribution in [2.24, 2.45) is 22.9 Å². The molecular weight excluding hydrogens is 470 g/mol. The van der Waals surface area contributed by atoms with Gasteiger partial charge in [0, 0.05) is 0 Å². The smallest absolute Gasteiger partial charge is 0.320 e. The number of carbonyl (C=O) groups is 5. The van der Waals surface area contributed by atoms with Gasteiger partial charge >= 0.3 is 29.8 Å². The summed E-state index contributed by atoms with van der Waals surface area (Å²) in [5.74, 6) is -4.58. The SMILES string of the molecule is NCC(=O)O.NCC(=O)O.NCC(=O)O.N[C@@H](Cc1ccccc1)C(=O)O.O=C(O)[C@@H]1CCCN1. The summed E-state index contributed by atoms with van der Waals surface area (Å²) in [4.78, 5) is 48.2. The third-order valence-electron chi connectivity index (χ3n) is 3.50. The summed E-state index contributed by atoms with van der Waals surface area (Å²) in [6.45, 7) is 0.0248. The zero-order valence-electron chi connectivity index (χ0n) is 19.1. The van der Waals surface area contributed by atoms with E-state index in [-0.39, 0.29) is 25.7 Å². The molecule has 1 aliphatic heterocycles. The summed E-state index contributed by atoms with van der Waals surface area (Å²) in [6.07, 6.45) is 2.17. The maximum Gasteiger partial charge on any atom is 0.320 e. The molecule has 200 valence electrons. The minimum absolute atomic E-state index is 0.269. The van der Waals surface area contributed by atoms with E-state index in [0.29, 0.717) is 6.42 Å². The van der Waals surface area contributed by atoms with E-state index in [0.717, 1.165) is 24.9 Å². The maximum absolute atomic E-state index is 10.4. The molecule has 0 saturated carbocycles. The van der Waals surface area contributed by atoms with Crippen LogP contribution in [0.3, 0.4) is 0 Å². The molecule has 0 amide bonds. The fraction of sp³-hybridized carbons (Fsp3) is 0.450. The number of rotatable bonds is 7. The number of hydrogen-bond donors (Lipinski definition) is 10. The van der Waals surface area contributed by atoms with Gasteiger partial charge in [0.1, 0.15) is 12.1 Å². The lowest BCUT2D eigenvalue weighted by Crippen LogP contribution is -2.32. The topological polar surface area (TPSA) is 303 Å². The predicted octanol–water partition coefficient (Wildman–Crippen LogP) is -2.45. The first-order valence-corrected chi connectivity index (χ1v) is 10.1. The first kappa shape index (κ1) is 35.9. The molecule has 0 bridgehead atoms. The van der Waals surface area contributed by atoms with E-state index >= 15 is 0 Å². The van der Waals surface area contributed by atoms with Gasteiger partial charge in [-0.25, -0.2) is 0 Å². The van der Waals surface area contributed by atoms with Crippen LogP contribution in [0, 0.1) is 0 Å². The first-order chi connectivity index (χ1) is 16.3. The minimum atomic E-state index is -0.968. The Hall–Kier alpha value is -3.63. The Morgan fingerprint density at radius 2 is 1.23 bits per heavy atom. The van der Waals surface area contributed by atoms with E-state index in [1.807, 2.05) is 30.3 Å². The van der Waals surface area contributed by atoms with Crippen molar-refractivity contribution in [1.82, 2.24) is 5.32 Å². The fourth-order valence-corrected chi connectivity index (χ4v) is 1.85. The van der Waals surface area contributed by atoms with Crippen LogP contribution in [-0.2, 0) is 30.4 Å². The van der Waals surface area contributed by atoms with Gasteiger partial charge in [-0.1, -0.05) is 30.3 Å². The van der Waals surface area contributed by atoms with Crippen LogP contribution in [0.1, 0.15) is 18.4 Å². The molecule has 1 fully saturated rings. The van der Waals surface area contributed by atoms with Gasteiger partial charge in [0.15, 0.2) is 0 Å². The number of aliphatic carboxylic acids is 5. The molecule has 0 aromatic heterocycles. The van der Waals surface area contributed by atoms with Gasteiger partial charge in [-0.2, -0.15) is 0 Å². The highest BCUT2D eigenvalue weighted by Gasteiger charge is 2.20. The monoisotopic (exact) mass is 505 g/mol. The fourth-order valence-electron chi connectivity index (χ4n) is 1.85. The van der Waals surface area contributed by atoms with Crippen LogP contribution in [0.15, 0.2) is 30.3 Å². The van der Waals surface area contributed by atoms with Crippen LogP contribution < -0.4 is 28.3 Å². The molecule has 0 unspecified atom stereocenters. The lowest BCUT2D eigenvalue weighted by molar-refractivity contribution is -0.139. The zero-order valence-corrected chi connectivity index (χ0v) is 19.1. The highest BCUT2D eigenvalue weighted by atomic mass is 16.4. The Balaban J connectivity index is -0.000000390. The summed E-state index contributed by atoms with van der Waals surface area (Å²) in [5, 5.41) is 42.5. The van der Waals surface area contributed by atoms with Crippen LogP contribution in [-0.4, -0.2) is 93.6 Å². The molecule has 35 heavy (non-hydrogen) atoms. The van der Waals surface area contributed by atoms with Crippen molar-refractivity contribution in [3.05, 3.63) is 35.9 Å². The van der Waals surface area contributed by atoms with E-state index in [1.54, 1.807) is 0 Å². The normalized spacial score (nSPS) is 13.9. The van der Waals surface area contributed by atoms with E-state index in [4.69, 9.17) is 31.3 Å². The molecule has 1 aromatic rings. The predicted molar refractivity (Wildman–Crippen MR) is 124 cm³/mol. The first-order valence-electron chi connectivity index (χ1n) is 10.1. The lowest BCUT2D eigenvalue weighted by Gasteiger charge is -2.04. The molecule has 0 radical (unpaired) electrons. The standard InChI is InChI=1S/C9H11NO2.C5H9NO2.3C2H5NO2/c10-8(9(11)12)6-7-4-2-1-3-5-7;7-5(8)4-2-1-3-6-4;3*3-1-2(4)5/h1-5,8H,6,10H2,(H,11,12);4,6H,1-3H2,(H,7,8);3*1,3H2,(H,4,5)/t8-;4-;;;/m00.../s1. The average Bonchev–Trinajstić information content (AvgIpc) is 3.36. The van der Waals surface area contributed by atoms with Gasteiger partial charge < -0.3 is 53.8 Å². The number of hydrogen-bond acceptors (Lipinski definition) is 10. The van der Waals surface area contributed by atoms with E-state index < -0.39 is 35.9 Å². The van der Waals surface area contributed by atoms with Crippen molar-refractivity contribution in [3.63, 3.8) is 0 Å². The van der Waals surface area contributed by atoms with Crippen molar-refractivity contribution < 1.29 is 49.5 Å².